The molecule has 7 nitrogen and oxygen atoms in total. The second-order valence-electron chi connectivity index (χ2n) is 7.39. The normalized spacial score (nSPS) is 17.5. The molecule has 1 N–H and O–H groups in total. The zero-order valence-corrected chi connectivity index (χ0v) is 16.4. The Balaban J connectivity index is 1.48. The predicted molar refractivity (Wildman–Crippen MR) is 106 cm³/mol. The smallest absolute Gasteiger partial charge is 0.253 e. The summed E-state index contributed by atoms with van der Waals surface area (Å²) in [5.74, 6) is -0.617. The van der Waals surface area contributed by atoms with Crippen LogP contribution in [0, 0.1) is 11.7 Å². The first kappa shape index (κ1) is 19.9. The van der Waals surface area contributed by atoms with Crippen LogP contribution in [-0.4, -0.2) is 42.4 Å². The largest absolute Gasteiger partial charge is 0.454 e. The van der Waals surface area contributed by atoms with Crippen molar-refractivity contribution in [2.75, 3.05) is 25.2 Å². The molecule has 0 saturated carbocycles. The van der Waals surface area contributed by atoms with Crippen LogP contribution in [0.4, 0.5) is 10.1 Å². The molecule has 2 heterocycles. The first-order valence-corrected chi connectivity index (χ1v) is 9.72. The molecule has 0 aliphatic carbocycles. The maximum absolute atomic E-state index is 13.1. The van der Waals surface area contributed by atoms with Gasteiger partial charge in [0.1, 0.15) is 5.82 Å². The van der Waals surface area contributed by atoms with Gasteiger partial charge in [0.25, 0.3) is 5.91 Å². The minimum atomic E-state index is -0.423. The van der Waals surface area contributed by atoms with Gasteiger partial charge in [-0.25, -0.2) is 4.39 Å². The van der Waals surface area contributed by atoms with E-state index >= 15 is 0 Å². The number of hydrogen-bond donors (Lipinski definition) is 1. The van der Waals surface area contributed by atoms with Gasteiger partial charge < -0.3 is 19.7 Å². The van der Waals surface area contributed by atoms with E-state index in [-0.39, 0.29) is 30.9 Å². The van der Waals surface area contributed by atoms with Crippen molar-refractivity contribution in [2.45, 2.75) is 19.8 Å². The van der Waals surface area contributed by atoms with E-state index in [1.54, 1.807) is 17.0 Å². The van der Waals surface area contributed by atoms with Crippen LogP contribution in [0.2, 0.25) is 0 Å². The van der Waals surface area contributed by atoms with Crippen LogP contribution in [-0.2, 0) is 4.79 Å². The van der Waals surface area contributed by atoms with Crippen LogP contribution >= 0.6 is 0 Å². The summed E-state index contributed by atoms with van der Waals surface area (Å²) in [5.41, 5.74) is 1.08. The lowest BCUT2D eigenvalue weighted by atomic mass is 9.96. The SMILES string of the molecule is CC(=O)c1cc2c(cc1NC(=O)C1CCCN(C(=O)c3ccc(F)cc3)C1)OCO2. The maximum atomic E-state index is 13.1. The number of carbonyl (C=O) groups is 3. The van der Waals surface area contributed by atoms with Gasteiger partial charge >= 0.3 is 0 Å². The summed E-state index contributed by atoms with van der Waals surface area (Å²) >= 11 is 0. The van der Waals surface area contributed by atoms with Crippen LogP contribution in [0.15, 0.2) is 36.4 Å². The Kier molecular flexibility index (Phi) is 5.39. The molecular weight excluding hydrogens is 391 g/mol. The highest BCUT2D eigenvalue weighted by Gasteiger charge is 2.30. The molecule has 1 saturated heterocycles. The van der Waals surface area contributed by atoms with Crippen LogP contribution in [0.1, 0.15) is 40.5 Å². The third-order valence-corrected chi connectivity index (χ3v) is 5.32. The van der Waals surface area contributed by atoms with Crippen LogP contribution in [0.3, 0.4) is 0 Å². The van der Waals surface area contributed by atoms with Gasteiger partial charge in [-0.15, -0.1) is 0 Å². The van der Waals surface area contributed by atoms with Gasteiger partial charge in [-0.2, -0.15) is 0 Å². The highest BCUT2D eigenvalue weighted by molar-refractivity contribution is 6.05. The van der Waals surface area contributed by atoms with E-state index in [0.29, 0.717) is 47.7 Å². The highest BCUT2D eigenvalue weighted by atomic mass is 19.1. The number of piperidine rings is 1. The molecule has 30 heavy (non-hydrogen) atoms. The first-order chi connectivity index (χ1) is 14.4. The molecule has 1 unspecified atom stereocenters. The molecule has 8 heteroatoms. The molecule has 2 aromatic rings. The second kappa shape index (κ2) is 8.14. The van der Waals surface area contributed by atoms with Crippen molar-refractivity contribution in [3.05, 3.63) is 53.3 Å². The fraction of sp³-hybridized carbons (Fsp3) is 0.318. The van der Waals surface area contributed by atoms with E-state index in [9.17, 15) is 18.8 Å². The van der Waals surface area contributed by atoms with Crippen molar-refractivity contribution in [2.24, 2.45) is 5.92 Å². The number of benzene rings is 2. The number of amides is 2. The van der Waals surface area contributed by atoms with Crippen molar-refractivity contribution in [1.29, 1.82) is 0 Å². The standard InChI is InChI=1S/C22H21FN2O5/c1-13(26)17-9-19-20(30-12-29-19)10-18(17)24-21(27)15-3-2-8-25(11-15)22(28)14-4-6-16(23)7-5-14/h4-7,9-10,15H,2-3,8,11-12H2,1H3,(H,24,27). The number of likely N-dealkylation sites (tertiary alicyclic amines) is 1. The van der Waals surface area contributed by atoms with Gasteiger partial charge in [-0.3, -0.25) is 14.4 Å². The lowest BCUT2D eigenvalue weighted by Gasteiger charge is -2.32. The summed E-state index contributed by atoms with van der Waals surface area (Å²) in [7, 11) is 0. The fourth-order valence-electron chi connectivity index (χ4n) is 3.72. The minimum Gasteiger partial charge on any atom is -0.454 e. The number of nitrogens with one attached hydrogen (secondary N) is 1. The average Bonchev–Trinajstić information content (AvgIpc) is 3.20. The van der Waals surface area contributed by atoms with E-state index in [4.69, 9.17) is 9.47 Å². The van der Waals surface area contributed by atoms with Gasteiger partial charge in [-0.1, -0.05) is 0 Å². The lowest BCUT2D eigenvalue weighted by Crippen LogP contribution is -2.43. The highest BCUT2D eigenvalue weighted by Crippen LogP contribution is 2.37. The average molecular weight is 412 g/mol. The Morgan fingerprint density at radius 3 is 2.50 bits per heavy atom. The zero-order chi connectivity index (χ0) is 21.3. The molecule has 0 bridgehead atoms. The minimum absolute atomic E-state index is 0.0627. The molecular formula is C22H21FN2O5. The number of ether oxygens (including phenoxy) is 2. The number of nitrogens with zero attached hydrogens (tertiary/aromatic N) is 1. The van der Waals surface area contributed by atoms with Crippen molar-refractivity contribution in [3.8, 4) is 11.5 Å². The number of anilines is 1. The van der Waals surface area contributed by atoms with Crippen LogP contribution in [0.25, 0.3) is 0 Å². The molecule has 1 atom stereocenters. The molecule has 0 radical (unpaired) electrons. The summed E-state index contributed by atoms with van der Waals surface area (Å²) in [4.78, 5) is 39.2. The molecule has 156 valence electrons. The summed E-state index contributed by atoms with van der Waals surface area (Å²) in [6.07, 6.45) is 1.30. The predicted octanol–water partition coefficient (Wildman–Crippen LogP) is 3.25. The monoisotopic (exact) mass is 412 g/mol. The van der Waals surface area contributed by atoms with E-state index in [0.717, 1.165) is 0 Å². The van der Waals surface area contributed by atoms with E-state index < -0.39 is 11.7 Å². The topological polar surface area (TPSA) is 84.9 Å². The fourth-order valence-corrected chi connectivity index (χ4v) is 3.72. The third kappa shape index (κ3) is 3.98. The molecule has 4 rings (SSSR count). The van der Waals surface area contributed by atoms with Crippen LogP contribution < -0.4 is 14.8 Å². The number of halogens is 1. The number of Topliss-reactive ketones (excluding diaryl/α,β-unsaturated/α-hetero) is 1. The van der Waals surface area contributed by atoms with Gasteiger partial charge in [0, 0.05) is 30.3 Å². The van der Waals surface area contributed by atoms with E-state index in [1.807, 2.05) is 0 Å². The molecule has 2 aliphatic rings. The maximum Gasteiger partial charge on any atom is 0.253 e. The third-order valence-electron chi connectivity index (χ3n) is 5.32. The molecule has 1 fully saturated rings. The Bertz CT molecular complexity index is 1010. The summed E-state index contributed by atoms with van der Waals surface area (Å²) < 4.78 is 23.8. The summed E-state index contributed by atoms with van der Waals surface area (Å²) in [5, 5.41) is 2.82. The van der Waals surface area contributed by atoms with Gasteiger partial charge in [0.2, 0.25) is 12.7 Å². The Labute approximate surface area is 172 Å². The quantitative estimate of drug-likeness (QED) is 0.780. The Morgan fingerprint density at radius 1 is 1.10 bits per heavy atom. The number of fused-ring (bicyclic) bond motifs is 1. The number of carbonyl (C=O) groups excluding carboxylic acids is 3. The Hall–Kier alpha value is -3.42. The van der Waals surface area contributed by atoms with Gasteiger partial charge in [0.05, 0.1) is 11.6 Å². The molecule has 2 aliphatic heterocycles. The zero-order valence-electron chi connectivity index (χ0n) is 16.4. The molecule has 2 aromatic carbocycles. The molecule has 2 amide bonds. The summed E-state index contributed by atoms with van der Waals surface area (Å²) in [6.45, 7) is 2.26. The van der Waals surface area contributed by atoms with Crippen LogP contribution in [0.5, 0.6) is 11.5 Å². The van der Waals surface area contributed by atoms with Crippen molar-refractivity contribution in [1.82, 2.24) is 4.90 Å². The number of hydrogen-bond acceptors (Lipinski definition) is 5. The molecule has 0 aromatic heterocycles. The van der Waals surface area contributed by atoms with Gasteiger partial charge in [-0.05, 0) is 50.1 Å². The second-order valence-corrected chi connectivity index (χ2v) is 7.39. The first-order valence-electron chi connectivity index (χ1n) is 9.72. The summed E-state index contributed by atoms with van der Waals surface area (Å²) in [6, 6.07) is 8.50. The Morgan fingerprint density at radius 2 is 1.80 bits per heavy atom. The van der Waals surface area contributed by atoms with Crippen molar-refractivity contribution >= 4 is 23.3 Å². The van der Waals surface area contributed by atoms with E-state index in [2.05, 4.69) is 5.32 Å². The number of ketones is 1. The number of rotatable bonds is 4. The van der Waals surface area contributed by atoms with Crippen molar-refractivity contribution in [3.63, 3.8) is 0 Å². The van der Waals surface area contributed by atoms with Gasteiger partial charge in [0.15, 0.2) is 17.3 Å². The van der Waals surface area contributed by atoms with Crippen molar-refractivity contribution < 1.29 is 28.2 Å². The van der Waals surface area contributed by atoms with E-state index in [1.165, 1.54) is 31.2 Å². The lowest BCUT2D eigenvalue weighted by molar-refractivity contribution is -0.121. The molecule has 0 spiro atoms.